The van der Waals surface area contributed by atoms with E-state index in [0.29, 0.717) is 0 Å². The van der Waals surface area contributed by atoms with Gasteiger partial charge in [0.2, 0.25) is 0 Å². The average molecular weight is 320 g/mol. The number of carbonyl (C=O) groups excluding carboxylic acids is 1. The van der Waals surface area contributed by atoms with Crippen molar-refractivity contribution in [2.75, 3.05) is 20.7 Å². The van der Waals surface area contributed by atoms with E-state index >= 15 is 0 Å². The van der Waals surface area contributed by atoms with Crippen LogP contribution in [0.25, 0.3) is 0 Å². The number of thiophene rings is 1. The Bertz CT molecular complexity index is 367. The monoisotopic (exact) mass is 319 g/mol. The Balaban J connectivity index is 2.47. The van der Waals surface area contributed by atoms with Gasteiger partial charge in [0.15, 0.2) is 0 Å². The maximum atomic E-state index is 11.5. The smallest absolute Gasteiger partial charge is 0.309 e. The number of esters is 1. The summed E-state index contributed by atoms with van der Waals surface area (Å²) >= 11 is 5.16. The zero-order chi connectivity index (χ0) is 12.8. The molecule has 1 rings (SSSR count). The highest BCUT2D eigenvalue weighted by molar-refractivity contribution is 9.10. The molecule has 0 aliphatic rings. The molecule has 17 heavy (non-hydrogen) atoms. The number of carbonyl (C=O) groups is 1. The fourth-order valence-electron chi connectivity index (χ4n) is 1.68. The molecule has 0 aromatic carbocycles. The maximum Gasteiger partial charge on any atom is 0.309 e. The highest BCUT2D eigenvalue weighted by Crippen LogP contribution is 2.21. The Hall–Kier alpha value is -0.390. The molecule has 5 heteroatoms. The second kappa shape index (κ2) is 7.13. The minimum absolute atomic E-state index is 0.0339. The van der Waals surface area contributed by atoms with Gasteiger partial charge in [-0.2, -0.15) is 0 Å². The van der Waals surface area contributed by atoms with Crippen molar-refractivity contribution in [2.45, 2.75) is 19.9 Å². The molecule has 1 aromatic rings. The van der Waals surface area contributed by atoms with Crippen LogP contribution in [0, 0.1) is 5.92 Å². The first-order valence-electron chi connectivity index (χ1n) is 5.56. The molecule has 0 radical (unpaired) electrons. The van der Waals surface area contributed by atoms with Crippen LogP contribution in [0.15, 0.2) is 15.9 Å². The van der Waals surface area contributed by atoms with Gasteiger partial charge in [-0.05, 0) is 35.5 Å². The predicted octanol–water partition coefficient (Wildman–Crippen LogP) is 3.14. The molecule has 0 aliphatic carbocycles. The molecule has 96 valence electrons. The molecule has 1 unspecified atom stereocenters. The lowest BCUT2D eigenvalue weighted by Crippen LogP contribution is -2.30. The van der Waals surface area contributed by atoms with Crippen LogP contribution in [0.4, 0.5) is 0 Å². The van der Waals surface area contributed by atoms with Gasteiger partial charge in [0, 0.05) is 27.8 Å². The number of nitrogens with zero attached hydrogens (tertiary/aromatic N) is 1. The normalized spacial score (nSPS) is 12.8. The van der Waals surface area contributed by atoms with E-state index in [9.17, 15) is 4.79 Å². The van der Waals surface area contributed by atoms with E-state index < -0.39 is 0 Å². The van der Waals surface area contributed by atoms with Crippen molar-refractivity contribution < 1.29 is 9.53 Å². The van der Waals surface area contributed by atoms with Gasteiger partial charge in [0.05, 0.1) is 13.0 Å². The molecule has 0 bridgehead atoms. The number of rotatable bonds is 6. The summed E-state index contributed by atoms with van der Waals surface area (Å²) in [6, 6.07) is 2.11. The molecule has 0 aliphatic heterocycles. The summed E-state index contributed by atoms with van der Waals surface area (Å²) in [5, 5.41) is 2.07. The first-order chi connectivity index (χ1) is 8.06. The molecule has 0 amide bonds. The zero-order valence-corrected chi connectivity index (χ0v) is 12.8. The highest BCUT2D eigenvalue weighted by atomic mass is 79.9. The minimum Gasteiger partial charge on any atom is -0.469 e. The molecular formula is C12H18BrNO2S. The molecule has 3 nitrogen and oxygen atoms in total. The van der Waals surface area contributed by atoms with E-state index in [1.54, 1.807) is 11.3 Å². The Labute approximate surface area is 115 Å². The SMILES string of the molecule is CCC(CN(C)Cc1cc(Br)cs1)C(=O)OC. The predicted molar refractivity (Wildman–Crippen MR) is 74.2 cm³/mol. The van der Waals surface area contributed by atoms with Crippen LogP contribution in [-0.2, 0) is 16.1 Å². The quantitative estimate of drug-likeness (QED) is 0.754. The summed E-state index contributed by atoms with van der Waals surface area (Å²) < 4.78 is 5.90. The standard InChI is InChI=1S/C12H18BrNO2S/c1-4-9(12(15)16-3)6-14(2)7-11-5-10(13)8-17-11/h5,8-9H,4,6-7H2,1-3H3. The molecule has 0 N–H and O–H groups in total. The van der Waals surface area contributed by atoms with Crippen LogP contribution < -0.4 is 0 Å². The van der Waals surface area contributed by atoms with E-state index in [1.165, 1.54) is 12.0 Å². The lowest BCUT2D eigenvalue weighted by atomic mass is 10.1. The Morgan fingerprint density at radius 3 is 2.82 bits per heavy atom. The summed E-state index contributed by atoms with van der Waals surface area (Å²) in [6.45, 7) is 3.61. The second-order valence-corrected chi connectivity index (χ2v) is 5.97. The van der Waals surface area contributed by atoms with Crippen molar-refractivity contribution in [3.63, 3.8) is 0 Å². The van der Waals surface area contributed by atoms with Gasteiger partial charge < -0.3 is 9.64 Å². The average Bonchev–Trinajstić information content (AvgIpc) is 2.70. The summed E-state index contributed by atoms with van der Waals surface area (Å²) in [5.74, 6) is -0.153. The van der Waals surface area contributed by atoms with Crippen LogP contribution in [-0.4, -0.2) is 31.6 Å². The van der Waals surface area contributed by atoms with Gasteiger partial charge in [-0.25, -0.2) is 0 Å². The summed E-state index contributed by atoms with van der Waals surface area (Å²) in [5.41, 5.74) is 0. The van der Waals surface area contributed by atoms with E-state index in [1.807, 2.05) is 14.0 Å². The Morgan fingerprint density at radius 1 is 1.65 bits per heavy atom. The van der Waals surface area contributed by atoms with Crippen LogP contribution in [0.2, 0.25) is 0 Å². The third-order valence-electron chi connectivity index (χ3n) is 2.61. The summed E-state index contributed by atoms with van der Waals surface area (Å²) in [6.07, 6.45) is 0.811. The van der Waals surface area contributed by atoms with Gasteiger partial charge >= 0.3 is 5.97 Å². The lowest BCUT2D eigenvalue weighted by molar-refractivity contribution is -0.146. The minimum atomic E-state index is -0.119. The Kier molecular flexibility index (Phi) is 6.16. The second-order valence-electron chi connectivity index (χ2n) is 4.06. The topological polar surface area (TPSA) is 29.5 Å². The molecule has 0 spiro atoms. The van der Waals surface area contributed by atoms with Crippen molar-refractivity contribution in [1.29, 1.82) is 0 Å². The van der Waals surface area contributed by atoms with E-state index in [0.717, 1.165) is 24.0 Å². The third-order valence-corrected chi connectivity index (χ3v) is 4.29. The molecule has 1 heterocycles. The number of methoxy groups -OCH3 is 1. The van der Waals surface area contributed by atoms with Crippen molar-refractivity contribution in [3.8, 4) is 0 Å². The van der Waals surface area contributed by atoms with Crippen molar-refractivity contribution in [2.24, 2.45) is 5.92 Å². The lowest BCUT2D eigenvalue weighted by Gasteiger charge is -2.20. The van der Waals surface area contributed by atoms with Gasteiger partial charge in [-0.1, -0.05) is 6.92 Å². The van der Waals surface area contributed by atoms with Crippen LogP contribution in [0.3, 0.4) is 0 Å². The summed E-state index contributed by atoms with van der Waals surface area (Å²) in [4.78, 5) is 14.9. The number of halogens is 1. The van der Waals surface area contributed by atoms with E-state index in [-0.39, 0.29) is 11.9 Å². The molecule has 0 saturated carbocycles. The molecule has 0 fully saturated rings. The summed E-state index contributed by atoms with van der Waals surface area (Å²) in [7, 11) is 3.47. The van der Waals surface area contributed by atoms with Crippen molar-refractivity contribution in [1.82, 2.24) is 4.90 Å². The third kappa shape index (κ3) is 4.77. The van der Waals surface area contributed by atoms with Gasteiger partial charge in [-0.3, -0.25) is 4.79 Å². The van der Waals surface area contributed by atoms with E-state index in [2.05, 4.69) is 32.3 Å². The highest BCUT2D eigenvalue weighted by Gasteiger charge is 2.19. The molecule has 1 atom stereocenters. The number of ether oxygens (including phenoxy) is 1. The van der Waals surface area contributed by atoms with Crippen molar-refractivity contribution >= 4 is 33.2 Å². The van der Waals surface area contributed by atoms with Crippen LogP contribution in [0.5, 0.6) is 0 Å². The van der Waals surface area contributed by atoms with Gasteiger partial charge in [-0.15, -0.1) is 11.3 Å². The fraction of sp³-hybridized carbons (Fsp3) is 0.583. The van der Waals surface area contributed by atoms with E-state index in [4.69, 9.17) is 4.74 Å². The van der Waals surface area contributed by atoms with Crippen molar-refractivity contribution in [3.05, 3.63) is 20.8 Å². The largest absolute Gasteiger partial charge is 0.469 e. The first-order valence-corrected chi connectivity index (χ1v) is 7.23. The first kappa shape index (κ1) is 14.7. The van der Waals surface area contributed by atoms with Gasteiger partial charge in [0.25, 0.3) is 0 Å². The zero-order valence-electron chi connectivity index (χ0n) is 10.4. The number of hydrogen-bond donors (Lipinski definition) is 0. The van der Waals surface area contributed by atoms with Gasteiger partial charge in [0.1, 0.15) is 0 Å². The fourth-order valence-corrected chi connectivity index (χ4v) is 3.21. The number of hydrogen-bond acceptors (Lipinski definition) is 4. The molecular weight excluding hydrogens is 302 g/mol. The molecule has 1 aromatic heterocycles. The van der Waals surface area contributed by atoms with Crippen LogP contribution >= 0.6 is 27.3 Å². The Morgan fingerprint density at radius 2 is 2.35 bits per heavy atom. The maximum absolute atomic E-state index is 11.5. The molecule has 0 saturated heterocycles. The van der Waals surface area contributed by atoms with Crippen LogP contribution in [0.1, 0.15) is 18.2 Å².